The molecule has 0 fully saturated rings. The van der Waals surface area contributed by atoms with Crippen molar-refractivity contribution >= 4 is 17.2 Å². The molecule has 0 amide bonds. The lowest BCUT2D eigenvalue weighted by atomic mass is 10.1. The van der Waals surface area contributed by atoms with E-state index < -0.39 is 0 Å². The molecule has 0 aliphatic carbocycles. The van der Waals surface area contributed by atoms with Crippen LogP contribution in [0, 0.1) is 0 Å². The molecule has 1 aromatic carbocycles. The van der Waals surface area contributed by atoms with Gasteiger partial charge in [0, 0.05) is 46.1 Å². The largest absolute Gasteiger partial charge is 0.378 e. The lowest BCUT2D eigenvalue weighted by Crippen LogP contribution is -2.14. The van der Waals surface area contributed by atoms with Gasteiger partial charge in [0.1, 0.15) is 0 Å². The fraction of sp³-hybridized carbons (Fsp3) is 0.353. The zero-order valence-corrected chi connectivity index (χ0v) is 12.9. The summed E-state index contributed by atoms with van der Waals surface area (Å²) in [5.74, 6) is 0.971. The van der Waals surface area contributed by atoms with Crippen molar-refractivity contribution in [3.63, 3.8) is 0 Å². The summed E-state index contributed by atoms with van der Waals surface area (Å²) in [5, 5.41) is 3.50. The number of anilines is 3. The Bertz CT molecular complexity index is 636. The smallest absolute Gasteiger partial charge is 0.151 e. The van der Waals surface area contributed by atoms with Crippen LogP contribution in [0.4, 0.5) is 17.2 Å². The van der Waals surface area contributed by atoms with Crippen molar-refractivity contribution in [2.75, 3.05) is 42.8 Å². The van der Waals surface area contributed by atoms with E-state index in [0.29, 0.717) is 0 Å². The van der Waals surface area contributed by atoms with Crippen LogP contribution in [0.1, 0.15) is 11.1 Å². The zero-order chi connectivity index (χ0) is 14.8. The first-order chi connectivity index (χ1) is 10.1. The van der Waals surface area contributed by atoms with Crippen LogP contribution in [0.2, 0.25) is 0 Å². The van der Waals surface area contributed by atoms with Gasteiger partial charge in [0.05, 0.1) is 5.69 Å². The van der Waals surface area contributed by atoms with Crippen LogP contribution in [0.3, 0.4) is 0 Å². The van der Waals surface area contributed by atoms with Crippen LogP contribution in [-0.4, -0.2) is 32.7 Å². The van der Waals surface area contributed by atoms with Crippen molar-refractivity contribution in [2.24, 2.45) is 0 Å². The molecule has 0 spiro atoms. The summed E-state index contributed by atoms with van der Waals surface area (Å²) >= 11 is 0. The van der Waals surface area contributed by atoms with Gasteiger partial charge in [-0.15, -0.1) is 0 Å². The van der Waals surface area contributed by atoms with E-state index in [1.54, 1.807) is 0 Å². The van der Waals surface area contributed by atoms with Gasteiger partial charge in [-0.3, -0.25) is 0 Å². The Balaban J connectivity index is 1.74. The molecule has 0 saturated heterocycles. The average Bonchev–Trinajstić information content (AvgIpc) is 2.86. The first-order valence-corrected chi connectivity index (χ1v) is 7.34. The quantitative estimate of drug-likeness (QED) is 0.934. The number of pyridine rings is 1. The summed E-state index contributed by atoms with van der Waals surface area (Å²) in [7, 11) is 6.18. The molecule has 1 aliphatic rings. The number of nitrogens with zero attached hydrogens (tertiary/aromatic N) is 3. The Morgan fingerprint density at radius 1 is 1.29 bits per heavy atom. The third-order valence-electron chi connectivity index (χ3n) is 3.96. The number of likely N-dealkylation sites (N-methyl/N-ethyl adjacent to an activating group) is 1. The van der Waals surface area contributed by atoms with Gasteiger partial charge >= 0.3 is 0 Å². The molecule has 110 valence electrons. The van der Waals surface area contributed by atoms with E-state index in [4.69, 9.17) is 0 Å². The topological polar surface area (TPSA) is 31.4 Å². The van der Waals surface area contributed by atoms with Gasteiger partial charge in [-0.05, 0) is 35.7 Å². The molecule has 0 saturated carbocycles. The van der Waals surface area contributed by atoms with E-state index in [2.05, 4.69) is 46.5 Å². The maximum atomic E-state index is 4.42. The lowest BCUT2D eigenvalue weighted by Gasteiger charge is -2.17. The highest BCUT2D eigenvalue weighted by Crippen LogP contribution is 2.28. The van der Waals surface area contributed by atoms with E-state index in [1.165, 1.54) is 16.8 Å². The summed E-state index contributed by atoms with van der Waals surface area (Å²) < 4.78 is 0. The number of hydrogen-bond acceptors (Lipinski definition) is 4. The molecule has 1 aromatic heterocycles. The molecule has 4 heteroatoms. The highest BCUT2D eigenvalue weighted by atomic mass is 15.2. The van der Waals surface area contributed by atoms with E-state index in [-0.39, 0.29) is 0 Å². The van der Waals surface area contributed by atoms with Crippen LogP contribution in [0.25, 0.3) is 0 Å². The molecule has 0 radical (unpaired) electrons. The third kappa shape index (κ3) is 2.79. The Kier molecular flexibility index (Phi) is 3.69. The first-order valence-electron chi connectivity index (χ1n) is 7.34. The molecule has 4 nitrogen and oxygen atoms in total. The number of rotatable bonds is 4. The fourth-order valence-electron chi connectivity index (χ4n) is 2.82. The molecule has 0 unspecified atom stereocenters. The molecular weight excluding hydrogens is 260 g/mol. The Labute approximate surface area is 126 Å². The van der Waals surface area contributed by atoms with Gasteiger partial charge in [0.25, 0.3) is 0 Å². The first kappa shape index (κ1) is 13.7. The van der Waals surface area contributed by atoms with Crippen molar-refractivity contribution in [3.05, 3.63) is 47.7 Å². The van der Waals surface area contributed by atoms with Crippen molar-refractivity contribution < 1.29 is 0 Å². The molecule has 1 aliphatic heterocycles. The number of fused-ring (bicyclic) bond motifs is 1. The zero-order valence-electron chi connectivity index (χ0n) is 12.9. The van der Waals surface area contributed by atoms with Crippen molar-refractivity contribution in [3.8, 4) is 0 Å². The van der Waals surface area contributed by atoms with Crippen molar-refractivity contribution in [2.45, 2.75) is 13.0 Å². The highest BCUT2D eigenvalue weighted by molar-refractivity contribution is 5.65. The number of aromatic nitrogens is 1. The maximum Gasteiger partial charge on any atom is 0.151 e. The Morgan fingerprint density at radius 2 is 2.14 bits per heavy atom. The molecule has 3 rings (SSSR count). The molecule has 1 N–H and O–H groups in total. The molecule has 0 bridgehead atoms. The van der Waals surface area contributed by atoms with Crippen LogP contribution >= 0.6 is 0 Å². The van der Waals surface area contributed by atoms with Crippen LogP contribution < -0.4 is 15.1 Å². The number of benzene rings is 1. The molecule has 21 heavy (non-hydrogen) atoms. The standard InChI is InChI=1S/C17H22N4/c1-20(2)17-15(5-4-9-18-17)19-12-13-6-7-16-14(11-13)8-10-21(16)3/h4-7,9,11,19H,8,10,12H2,1-3H3. The predicted octanol–water partition coefficient (Wildman–Crippen LogP) is 2.75. The number of hydrogen-bond donors (Lipinski definition) is 1. The number of nitrogens with one attached hydrogen (secondary N) is 1. The van der Waals surface area contributed by atoms with Crippen molar-refractivity contribution in [1.29, 1.82) is 0 Å². The second kappa shape index (κ2) is 5.64. The third-order valence-corrected chi connectivity index (χ3v) is 3.96. The molecule has 0 atom stereocenters. The Hall–Kier alpha value is -2.23. The van der Waals surface area contributed by atoms with Crippen LogP contribution in [0.5, 0.6) is 0 Å². The van der Waals surface area contributed by atoms with Gasteiger partial charge in [0.2, 0.25) is 0 Å². The average molecular weight is 282 g/mol. The summed E-state index contributed by atoms with van der Waals surface area (Å²) in [6.07, 6.45) is 2.97. The lowest BCUT2D eigenvalue weighted by molar-refractivity contribution is 0.955. The highest BCUT2D eigenvalue weighted by Gasteiger charge is 2.15. The molecule has 2 aromatic rings. The second-order valence-corrected chi connectivity index (χ2v) is 5.76. The normalized spacial score (nSPS) is 13.2. The predicted molar refractivity (Wildman–Crippen MR) is 89.3 cm³/mol. The minimum absolute atomic E-state index is 0.823. The van der Waals surface area contributed by atoms with E-state index >= 15 is 0 Å². The van der Waals surface area contributed by atoms with Gasteiger partial charge < -0.3 is 15.1 Å². The molecular formula is C17H22N4. The van der Waals surface area contributed by atoms with Gasteiger partial charge in [-0.25, -0.2) is 4.98 Å². The van der Waals surface area contributed by atoms with Crippen LogP contribution in [0.15, 0.2) is 36.5 Å². The Morgan fingerprint density at radius 3 is 2.95 bits per heavy atom. The summed E-state index contributed by atoms with van der Waals surface area (Å²) in [6, 6.07) is 10.8. The van der Waals surface area contributed by atoms with E-state index in [9.17, 15) is 0 Å². The van der Waals surface area contributed by atoms with E-state index in [0.717, 1.165) is 31.0 Å². The van der Waals surface area contributed by atoms with Crippen LogP contribution in [-0.2, 0) is 13.0 Å². The van der Waals surface area contributed by atoms with Crippen molar-refractivity contribution in [1.82, 2.24) is 4.98 Å². The SMILES string of the molecule is CN(C)c1ncccc1NCc1ccc2c(c1)CCN2C. The summed E-state index contributed by atoms with van der Waals surface area (Å²) in [5.41, 5.74) is 5.21. The monoisotopic (exact) mass is 282 g/mol. The van der Waals surface area contributed by atoms with Gasteiger partial charge in [0.15, 0.2) is 5.82 Å². The molecule has 2 heterocycles. The fourth-order valence-corrected chi connectivity index (χ4v) is 2.82. The summed E-state index contributed by atoms with van der Waals surface area (Å²) in [4.78, 5) is 8.76. The van der Waals surface area contributed by atoms with Gasteiger partial charge in [-0.1, -0.05) is 12.1 Å². The van der Waals surface area contributed by atoms with Gasteiger partial charge in [-0.2, -0.15) is 0 Å². The van der Waals surface area contributed by atoms with E-state index in [1.807, 2.05) is 31.3 Å². The second-order valence-electron chi connectivity index (χ2n) is 5.76. The maximum absolute atomic E-state index is 4.42. The minimum Gasteiger partial charge on any atom is -0.378 e. The summed E-state index contributed by atoms with van der Waals surface area (Å²) in [6.45, 7) is 1.95. The minimum atomic E-state index is 0.823.